The van der Waals surface area contributed by atoms with Gasteiger partial charge in [0.05, 0.1) is 30.4 Å². The van der Waals surface area contributed by atoms with E-state index in [4.69, 9.17) is 9.47 Å². The number of methoxy groups -OCH3 is 1. The van der Waals surface area contributed by atoms with E-state index in [-0.39, 0.29) is 11.7 Å². The van der Waals surface area contributed by atoms with Crippen LogP contribution in [0.25, 0.3) is 27.5 Å². The predicted molar refractivity (Wildman–Crippen MR) is 123 cm³/mol. The molecule has 3 heterocycles. The largest absolute Gasteiger partial charge is 0.479 e. The van der Waals surface area contributed by atoms with E-state index in [1.165, 1.54) is 12.1 Å². The Morgan fingerprint density at radius 3 is 2.76 bits per heavy atom. The Hall–Kier alpha value is -3.23. The van der Waals surface area contributed by atoms with E-state index >= 15 is 0 Å². The lowest BCUT2D eigenvalue weighted by Gasteiger charge is -2.29. The highest BCUT2D eigenvalue weighted by atomic mass is 19.1. The summed E-state index contributed by atoms with van der Waals surface area (Å²) in [5.74, 6) is -1.37. The molecule has 1 unspecified atom stereocenters. The monoisotopic (exact) mass is 451 g/mol. The van der Waals surface area contributed by atoms with Gasteiger partial charge in [-0.3, -0.25) is 5.10 Å². The predicted octanol–water partition coefficient (Wildman–Crippen LogP) is 4.53. The number of ether oxygens (including phenoxy) is 2. The van der Waals surface area contributed by atoms with Crippen molar-refractivity contribution in [2.45, 2.75) is 37.7 Å². The van der Waals surface area contributed by atoms with Gasteiger partial charge in [-0.05, 0) is 48.4 Å². The first-order valence-electron chi connectivity index (χ1n) is 10.9. The summed E-state index contributed by atoms with van der Waals surface area (Å²) in [6.07, 6.45) is 1.32. The number of carboxylic acids is 1. The van der Waals surface area contributed by atoms with Crippen LogP contribution in [0, 0.1) is 5.82 Å². The van der Waals surface area contributed by atoms with Gasteiger partial charge >= 0.3 is 5.97 Å². The molecule has 2 aromatic carbocycles. The molecule has 2 aromatic heterocycles. The van der Waals surface area contributed by atoms with Gasteiger partial charge in [-0.15, -0.1) is 0 Å². The number of aliphatic carboxylic acids is 1. The van der Waals surface area contributed by atoms with E-state index in [1.54, 1.807) is 25.4 Å². The first-order valence-corrected chi connectivity index (χ1v) is 10.9. The molecule has 0 aliphatic carbocycles. The highest BCUT2D eigenvalue weighted by Gasteiger charge is 2.39. The molecule has 1 aliphatic rings. The van der Waals surface area contributed by atoms with E-state index in [0.29, 0.717) is 19.6 Å². The Bertz CT molecular complexity index is 1340. The van der Waals surface area contributed by atoms with Crippen molar-refractivity contribution >= 4 is 27.8 Å². The number of rotatable bonds is 6. The maximum atomic E-state index is 13.8. The first kappa shape index (κ1) is 21.6. The Labute approximate surface area is 190 Å². The van der Waals surface area contributed by atoms with Crippen molar-refractivity contribution in [1.29, 1.82) is 0 Å². The third-order valence-electron chi connectivity index (χ3n) is 6.48. The van der Waals surface area contributed by atoms with Crippen LogP contribution in [0.2, 0.25) is 0 Å². The van der Waals surface area contributed by atoms with Gasteiger partial charge in [-0.1, -0.05) is 13.8 Å². The van der Waals surface area contributed by atoms with Crippen LogP contribution in [-0.2, 0) is 19.7 Å². The summed E-state index contributed by atoms with van der Waals surface area (Å²) in [6.45, 7) is 4.97. The summed E-state index contributed by atoms with van der Waals surface area (Å²) >= 11 is 0. The van der Waals surface area contributed by atoms with Crippen LogP contribution >= 0.6 is 0 Å². The van der Waals surface area contributed by atoms with Gasteiger partial charge in [-0.2, -0.15) is 5.10 Å². The number of nitrogens with zero attached hydrogens (tertiary/aromatic N) is 2. The molecule has 5 rings (SSSR count). The van der Waals surface area contributed by atoms with Gasteiger partial charge in [0, 0.05) is 40.6 Å². The number of hydrogen-bond donors (Lipinski definition) is 2. The lowest BCUT2D eigenvalue weighted by atomic mass is 9.82. The number of carbonyl (C=O) groups is 1. The maximum Gasteiger partial charge on any atom is 0.332 e. The second kappa shape index (κ2) is 7.97. The minimum atomic E-state index is -0.951. The average Bonchev–Trinajstić information content (AvgIpc) is 3.49. The number of aromatic nitrogens is 3. The second-order valence-corrected chi connectivity index (χ2v) is 9.31. The van der Waals surface area contributed by atoms with Crippen molar-refractivity contribution in [2.75, 3.05) is 20.3 Å². The fourth-order valence-electron chi connectivity index (χ4n) is 5.12. The number of carboxylic acid groups (broad SMARTS) is 1. The van der Waals surface area contributed by atoms with Crippen LogP contribution in [0.15, 0.2) is 42.6 Å². The number of hydrogen-bond acceptors (Lipinski definition) is 4. The molecule has 2 N–H and O–H groups in total. The van der Waals surface area contributed by atoms with Crippen LogP contribution in [0.1, 0.15) is 37.4 Å². The van der Waals surface area contributed by atoms with E-state index in [9.17, 15) is 14.3 Å². The molecule has 0 bridgehead atoms. The smallest absolute Gasteiger partial charge is 0.332 e. The van der Waals surface area contributed by atoms with Gasteiger partial charge in [0.25, 0.3) is 0 Å². The van der Waals surface area contributed by atoms with E-state index < -0.39 is 17.5 Å². The molecule has 0 spiro atoms. The third kappa shape index (κ3) is 3.59. The number of halogens is 1. The van der Waals surface area contributed by atoms with Crippen molar-refractivity contribution in [3.8, 4) is 5.69 Å². The Balaban J connectivity index is 1.86. The molecule has 1 saturated heterocycles. The zero-order valence-corrected chi connectivity index (χ0v) is 18.8. The van der Waals surface area contributed by atoms with Crippen LogP contribution in [0.5, 0.6) is 0 Å². The van der Waals surface area contributed by atoms with Gasteiger partial charge < -0.3 is 19.1 Å². The standard InChI is InChI=1S/C25H26FN3O4/c1-25(2,13-32-3)23-22(15-9-21(24(30)31)33-12-15)18-10-19-14(11-27-28-19)8-20(18)29(23)17-6-4-16(26)5-7-17/h4-8,10-11,15,21H,9,12-13H2,1-3H3,(H,27,28)(H,30,31)/t15-,21?/m0/s1. The molecule has 33 heavy (non-hydrogen) atoms. The topological polar surface area (TPSA) is 89.4 Å². The van der Waals surface area contributed by atoms with Crippen LogP contribution in [0.3, 0.4) is 0 Å². The number of benzene rings is 2. The molecular formula is C25H26FN3O4. The summed E-state index contributed by atoms with van der Waals surface area (Å²) in [7, 11) is 1.67. The molecule has 1 fully saturated rings. The molecule has 0 amide bonds. The molecule has 0 radical (unpaired) electrons. The summed E-state index contributed by atoms with van der Waals surface area (Å²) in [5, 5.41) is 18.7. The molecule has 1 aliphatic heterocycles. The maximum absolute atomic E-state index is 13.8. The molecule has 172 valence electrons. The summed E-state index contributed by atoms with van der Waals surface area (Å²) < 4.78 is 27.2. The zero-order chi connectivity index (χ0) is 23.3. The first-order chi connectivity index (χ1) is 15.8. The van der Waals surface area contributed by atoms with Gasteiger partial charge in [0.2, 0.25) is 0 Å². The Kier molecular flexibility index (Phi) is 5.22. The second-order valence-electron chi connectivity index (χ2n) is 9.31. The zero-order valence-electron chi connectivity index (χ0n) is 18.8. The quantitative estimate of drug-likeness (QED) is 0.450. The fourth-order valence-corrected chi connectivity index (χ4v) is 5.12. The molecule has 8 heteroatoms. The summed E-state index contributed by atoms with van der Waals surface area (Å²) in [4.78, 5) is 11.6. The normalized spacial score (nSPS) is 19.0. The minimum absolute atomic E-state index is 0.109. The van der Waals surface area contributed by atoms with Crippen molar-refractivity contribution in [1.82, 2.24) is 14.8 Å². The van der Waals surface area contributed by atoms with E-state index in [1.807, 2.05) is 0 Å². The molecule has 2 atom stereocenters. The summed E-state index contributed by atoms with van der Waals surface area (Å²) in [6, 6.07) is 10.5. The molecular weight excluding hydrogens is 425 g/mol. The van der Waals surface area contributed by atoms with Gasteiger partial charge in [0.1, 0.15) is 5.82 Å². The van der Waals surface area contributed by atoms with Gasteiger partial charge in [-0.25, -0.2) is 9.18 Å². The van der Waals surface area contributed by atoms with Gasteiger partial charge in [0.15, 0.2) is 6.10 Å². The number of H-pyrrole nitrogens is 1. The molecule has 0 saturated carbocycles. The van der Waals surface area contributed by atoms with Crippen LogP contribution in [0.4, 0.5) is 4.39 Å². The lowest BCUT2D eigenvalue weighted by Crippen LogP contribution is -2.29. The van der Waals surface area contributed by atoms with Crippen molar-refractivity contribution in [2.24, 2.45) is 0 Å². The summed E-state index contributed by atoms with van der Waals surface area (Å²) in [5.41, 5.74) is 4.28. The highest BCUT2D eigenvalue weighted by Crippen LogP contribution is 2.45. The Morgan fingerprint density at radius 1 is 1.33 bits per heavy atom. The number of fused-ring (bicyclic) bond motifs is 2. The SMILES string of the molecule is COCC(C)(C)c1c([C@@H]2COC(C(=O)O)C2)c2cc3[nH]ncc3cc2n1-c1ccc(F)cc1. The van der Waals surface area contributed by atoms with Crippen LogP contribution in [-0.4, -0.2) is 52.3 Å². The lowest BCUT2D eigenvalue weighted by molar-refractivity contribution is -0.147. The highest BCUT2D eigenvalue weighted by molar-refractivity contribution is 5.99. The number of aromatic amines is 1. The van der Waals surface area contributed by atoms with Crippen molar-refractivity contribution in [3.05, 3.63) is 59.7 Å². The van der Waals surface area contributed by atoms with Crippen molar-refractivity contribution in [3.63, 3.8) is 0 Å². The minimum Gasteiger partial charge on any atom is -0.479 e. The fraction of sp³-hybridized carbons (Fsp3) is 0.360. The number of nitrogens with one attached hydrogen (secondary N) is 1. The van der Waals surface area contributed by atoms with Crippen molar-refractivity contribution < 1.29 is 23.8 Å². The van der Waals surface area contributed by atoms with Crippen LogP contribution < -0.4 is 0 Å². The average molecular weight is 451 g/mol. The van der Waals surface area contributed by atoms with E-state index in [0.717, 1.165) is 38.8 Å². The molecule has 4 aromatic rings. The van der Waals surface area contributed by atoms with E-state index in [2.05, 4.69) is 40.7 Å². The third-order valence-corrected chi connectivity index (χ3v) is 6.48. The Morgan fingerprint density at radius 2 is 2.09 bits per heavy atom. The molecule has 7 nitrogen and oxygen atoms in total.